The van der Waals surface area contributed by atoms with Crippen molar-refractivity contribution in [2.75, 3.05) is 11.1 Å². The van der Waals surface area contributed by atoms with Gasteiger partial charge in [-0.3, -0.25) is 4.79 Å². The van der Waals surface area contributed by atoms with Gasteiger partial charge in [0.15, 0.2) is 5.13 Å². The van der Waals surface area contributed by atoms with Crippen LogP contribution in [0, 0.1) is 0 Å². The number of amides is 1. The Morgan fingerprint density at radius 3 is 2.65 bits per heavy atom. The van der Waals surface area contributed by atoms with Gasteiger partial charge in [0.2, 0.25) is 5.91 Å². The molecule has 3 rings (SSSR count). The van der Waals surface area contributed by atoms with Crippen molar-refractivity contribution in [1.82, 2.24) is 4.98 Å². The van der Waals surface area contributed by atoms with Crippen LogP contribution < -0.4 is 5.32 Å². The molecule has 0 fully saturated rings. The number of aromatic nitrogens is 1. The van der Waals surface area contributed by atoms with Gasteiger partial charge in [0, 0.05) is 4.90 Å². The number of fused-ring (bicyclic) bond motifs is 1. The van der Waals surface area contributed by atoms with E-state index in [0.29, 0.717) is 10.9 Å². The number of nitrogens with zero attached hydrogens (tertiary/aromatic N) is 1. The van der Waals surface area contributed by atoms with Gasteiger partial charge in [-0.2, -0.15) is 0 Å². The average molecular weight is 300 g/mol. The molecule has 2 aromatic carbocycles. The SMILES string of the molecule is O=C(CSc1ccccc1)Nc1nc2ccccc2s1. The van der Waals surface area contributed by atoms with E-state index >= 15 is 0 Å². The molecule has 0 atom stereocenters. The summed E-state index contributed by atoms with van der Waals surface area (Å²) >= 11 is 3.01. The number of rotatable bonds is 4. The van der Waals surface area contributed by atoms with Crippen molar-refractivity contribution in [2.45, 2.75) is 4.90 Å². The van der Waals surface area contributed by atoms with E-state index in [0.717, 1.165) is 15.1 Å². The van der Waals surface area contributed by atoms with Crippen molar-refractivity contribution in [3.05, 3.63) is 54.6 Å². The lowest BCUT2D eigenvalue weighted by molar-refractivity contribution is -0.113. The van der Waals surface area contributed by atoms with Crippen LogP contribution in [0.4, 0.5) is 5.13 Å². The molecule has 3 aromatic rings. The van der Waals surface area contributed by atoms with Crippen molar-refractivity contribution in [1.29, 1.82) is 0 Å². The minimum atomic E-state index is -0.0297. The first-order chi connectivity index (χ1) is 9.81. The standard InChI is InChI=1S/C15H12N2OS2/c18-14(10-19-11-6-2-1-3-7-11)17-15-16-12-8-4-5-9-13(12)20-15/h1-9H,10H2,(H,16,17,18). The predicted octanol–water partition coefficient (Wildman–Crippen LogP) is 4.03. The Hall–Kier alpha value is -1.85. The summed E-state index contributed by atoms with van der Waals surface area (Å²) in [5.41, 5.74) is 0.920. The number of thiazole rings is 1. The highest BCUT2D eigenvalue weighted by molar-refractivity contribution is 8.00. The maximum absolute atomic E-state index is 11.9. The number of para-hydroxylation sites is 1. The van der Waals surface area contributed by atoms with Gasteiger partial charge in [0.25, 0.3) is 0 Å². The Labute approximate surface area is 125 Å². The van der Waals surface area contributed by atoms with Crippen molar-refractivity contribution in [3.63, 3.8) is 0 Å². The van der Waals surface area contributed by atoms with Crippen molar-refractivity contribution in [3.8, 4) is 0 Å². The Bertz CT molecular complexity index is 692. The maximum atomic E-state index is 11.9. The molecule has 100 valence electrons. The highest BCUT2D eigenvalue weighted by Gasteiger charge is 2.07. The second-order valence-corrected chi connectivity index (χ2v) is 6.22. The molecule has 0 aliphatic rings. The van der Waals surface area contributed by atoms with Gasteiger partial charge in [-0.1, -0.05) is 41.7 Å². The van der Waals surface area contributed by atoms with Crippen LogP contribution in [0.15, 0.2) is 59.5 Å². The van der Waals surface area contributed by atoms with E-state index in [9.17, 15) is 4.79 Å². The fourth-order valence-electron chi connectivity index (χ4n) is 1.75. The molecule has 0 saturated heterocycles. The van der Waals surface area contributed by atoms with Gasteiger partial charge in [-0.05, 0) is 24.3 Å². The maximum Gasteiger partial charge on any atom is 0.236 e. The number of hydrogen-bond donors (Lipinski definition) is 1. The highest BCUT2D eigenvalue weighted by Crippen LogP contribution is 2.25. The first-order valence-corrected chi connectivity index (χ1v) is 7.95. The van der Waals surface area contributed by atoms with E-state index in [4.69, 9.17) is 0 Å². The zero-order valence-corrected chi connectivity index (χ0v) is 12.2. The monoisotopic (exact) mass is 300 g/mol. The van der Waals surface area contributed by atoms with Crippen LogP contribution in [0.1, 0.15) is 0 Å². The molecule has 1 amide bonds. The van der Waals surface area contributed by atoms with Crippen LogP contribution in [-0.2, 0) is 4.79 Å². The Balaban J connectivity index is 1.61. The fraction of sp³-hybridized carbons (Fsp3) is 0.0667. The van der Waals surface area contributed by atoms with Crippen LogP contribution in [0.25, 0.3) is 10.2 Å². The third kappa shape index (κ3) is 3.18. The van der Waals surface area contributed by atoms with Crippen LogP contribution in [0.3, 0.4) is 0 Å². The molecular weight excluding hydrogens is 288 g/mol. The van der Waals surface area contributed by atoms with E-state index < -0.39 is 0 Å². The van der Waals surface area contributed by atoms with Gasteiger partial charge < -0.3 is 5.32 Å². The number of carbonyl (C=O) groups excluding carboxylic acids is 1. The van der Waals surface area contributed by atoms with Crippen molar-refractivity contribution < 1.29 is 4.79 Å². The summed E-state index contributed by atoms with van der Waals surface area (Å²) in [6.07, 6.45) is 0. The molecule has 1 aromatic heterocycles. The molecule has 0 saturated carbocycles. The largest absolute Gasteiger partial charge is 0.301 e. The van der Waals surface area contributed by atoms with Crippen molar-refractivity contribution in [2.24, 2.45) is 0 Å². The van der Waals surface area contributed by atoms with E-state index in [1.807, 2.05) is 54.6 Å². The fourth-order valence-corrected chi connectivity index (χ4v) is 3.35. The summed E-state index contributed by atoms with van der Waals surface area (Å²) in [6.45, 7) is 0. The van der Waals surface area contributed by atoms with Gasteiger partial charge >= 0.3 is 0 Å². The van der Waals surface area contributed by atoms with Gasteiger partial charge in [-0.25, -0.2) is 4.98 Å². The molecular formula is C15H12N2OS2. The third-order valence-electron chi connectivity index (χ3n) is 2.65. The first kappa shape index (κ1) is 13.1. The number of carbonyl (C=O) groups is 1. The molecule has 1 N–H and O–H groups in total. The highest BCUT2D eigenvalue weighted by atomic mass is 32.2. The lowest BCUT2D eigenvalue weighted by Crippen LogP contribution is -2.13. The molecule has 5 heteroatoms. The molecule has 0 radical (unpaired) electrons. The molecule has 0 aliphatic carbocycles. The lowest BCUT2D eigenvalue weighted by Gasteiger charge is -2.01. The predicted molar refractivity (Wildman–Crippen MR) is 85.4 cm³/mol. The molecule has 0 spiro atoms. The molecule has 1 heterocycles. The van der Waals surface area contributed by atoms with E-state index in [-0.39, 0.29) is 5.91 Å². The smallest absolute Gasteiger partial charge is 0.236 e. The number of thioether (sulfide) groups is 1. The van der Waals surface area contributed by atoms with Crippen LogP contribution >= 0.6 is 23.1 Å². The molecule has 0 bridgehead atoms. The van der Waals surface area contributed by atoms with Crippen LogP contribution in [0.5, 0.6) is 0 Å². The Morgan fingerprint density at radius 2 is 1.85 bits per heavy atom. The Kier molecular flexibility index (Phi) is 3.99. The van der Waals surface area contributed by atoms with E-state index in [1.54, 1.807) is 0 Å². The number of nitrogens with one attached hydrogen (secondary N) is 1. The minimum Gasteiger partial charge on any atom is -0.301 e. The van der Waals surface area contributed by atoms with Gasteiger partial charge in [0.1, 0.15) is 0 Å². The Morgan fingerprint density at radius 1 is 1.10 bits per heavy atom. The van der Waals surface area contributed by atoms with Crippen molar-refractivity contribution >= 4 is 44.4 Å². The number of benzene rings is 2. The van der Waals surface area contributed by atoms with E-state index in [2.05, 4.69) is 10.3 Å². The summed E-state index contributed by atoms with van der Waals surface area (Å²) in [5.74, 6) is 0.359. The van der Waals surface area contributed by atoms with Gasteiger partial charge in [0.05, 0.1) is 16.0 Å². The summed E-state index contributed by atoms with van der Waals surface area (Å²) in [5, 5.41) is 3.51. The summed E-state index contributed by atoms with van der Waals surface area (Å²) in [7, 11) is 0. The molecule has 0 unspecified atom stereocenters. The first-order valence-electron chi connectivity index (χ1n) is 6.14. The number of hydrogen-bond acceptors (Lipinski definition) is 4. The molecule has 0 aliphatic heterocycles. The summed E-state index contributed by atoms with van der Waals surface area (Å²) in [6, 6.07) is 17.7. The topological polar surface area (TPSA) is 42.0 Å². The minimum absolute atomic E-state index is 0.0297. The number of anilines is 1. The van der Waals surface area contributed by atoms with Crippen LogP contribution in [0.2, 0.25) is 0 Å². The third-order valence-corrected chi connectivity index (χ3v) is 4.62. The van der Waals surface area contributed by atoms with Gasteiger partial charge in [-0.15, -0.1) is 11.8 Å². The zero-order chi connectivity index (χ0) is 13.8. The van der Waals surface area contributed by atoms with E-state index in [1.165, 1.54) is 23.1 Å². The quantitative estimate of drug-likeness (QED) is 0.740. The summed E-state index contributed by atoms with van der Waals surface area (Å²) < 4.78 is 1.08. The average Bonchev–Trinajstić information content (AvgIpc) is 2.88. The molecule has 20 heavy (non-hydrogen) atoms. The zero-order valence-electron chi connectivity index (χ0n) is 10.6. The normalized spacial score (nSPS) is 10.6. The van der Waals surface area contributed by atoms with Crippen LogP contribution in [-0.4, -0.2) is 16.6 Å². The molecule has 3 nitrogen and oxygen atoms in total. The summed E-state index contributed by atoms with van der Waals surface area (Å²) in [4.78, 5) is 17.4. The second-order valence-electron chi connectivity index (χ2n) is 4.14. The second kappa shape index (κ2) is 6.07. The lowest BCUT2D eigenvalue weighted by atomic mass is 10.3.